The maximum Gasteiger partial charge on any atom is 0.109 e. The van der Waals surface area contributed by atoms with Gasteiger partial charge in [0.25, 0.3) is 0 Å². The smallest absolute Gasteiger partial charge is 0.109 e. The predicted octanol–water partition coefficient (Wildman–Crippen LogP) is 8.80. The Bertz CT molecular complexity index is 1850. The number of pyridine rings is 1. The number of piperidine rings is 1. The molecule has 5 aromatic rings. The molecule has 0 aliphatic carbocycles. The number of nitrogens with one attached hydrogen (secondary N) is 2. The molecule has 6 rings (SSSR count). The van der Waals surface area contributed by atoms with Crippen LogP contribution >= 0.6 is 11.6 Å². The van der Waals surface area contributed by atoms with Crippen molar-refractivity contribution in [1.82, 2.24) is 24.9 Å². The maximum atomic E-state index is 10.1. The van der Waals surface area contributed by atoms with E-state index in [1.807, 2.05) is 53.2 Å². The molecule has 3 aromatic carbocycles. The number of anilines is 2. The van der Waals surface area contributed by atoms with Crippen molar-refractivity contribution >= 4 is 33.9 Å². The van der Waals surface area contributed by atoms with Gasteiger partial charge in [-0.05, 0) is 62.8 Å². The Hall–Kier alpha value is -4.45. The summed E-state index contributed by atoms with van der Waals surface area (Å²) in [6.45, 7) is 13.2. The van der Waals surface area contributed by atoms with Crippen molar-refractivity contribution in [1.29, 1.82) is 5.26 Å². The van der Waals surface area contributed by atoms with Gasteiger partial charge in [-0.3, -0.25) is 9.88 Å². The van der Waals surface area contributed by atoms with Crippen LogP contribution in [-0.4, -0.2) is 43.5 Å². The molecule has 0 bridgehead atoms. The lowest BCUT2D eigenvalue weighted by Crippen LogP contribution is -2.46. The Morgan fingerprint density at radius 2 is 1.60 bits per heavy atom. The molecule has 1 aliphatic rings. The summed E-state index contributed by atoms with van der Waals surface area (Å²) in [5, 5.41) is 28.2. The van der Waals surface area contributed by atoms with Crippen LogP contribution in [0.2, 0.25) is 5.02 Å². The molecule has 0 saturated carbocycles. The summed E-state index contributed by atoms with van der Waals surface area (Å²) in [5.74, 6) is 0.259. The third-order valence-electron chi connectivity index (χ3n) is 9.23. The van der Waals surface area contributed by atoms with Crippen molar-refractivity contribution in [2.24, 2.45) is 5.92 Å². The number of hydrogen-bond acceptors (Lipinski definition) is 7. The van der Waals surface area contributed by atoms with Crippen molar-refractivity contribution in [3.05, 3.63) is 113 Å². The minimum Gasteiger partial charge on any atom is -0.376 e. The van der Waals surface area contributed by atoms with Crippen molar-refractivity contribution in [3.8, 4) is 6.07 Å². The van der Waals surface area contributed by atoms with Gasteiger partial charge in [0.1, 0.15) is 11.8 Å². The number of halogens is 1. The van der Waals surface area contributed by atoms with E-state index in [0.29, 0.717) is 22.1 Å². The molecule has 0 spiro atoms. The average molecular weight is 647 g/mol. The highest BCUT2D eigenvalue weighted by atomic mass is 35.5. The monoisotopic (exact) mass is 646 g/mol. The topological polar surface area (TPSA) is 94.7 Å². The van der Waals surface area contributed by atoms with E-state index in [4.69, 9.17) is 21.7 Å². The number of rotatable bonds is 9. The van der Waals surface area contributed by atoms with E-state index in [-0.39, 0.29) is 23.5 Å². The molecular weight excluding hydrogens is 604 g/mol. The Morgan fingerprint density at radius 1 is 0.936 bits per heavy atom. The van der Waals surface area contributed by atoms with Crippen molar-refractivity contribution in [2.45, 2.75) is 71.1 Å². The molecule has 2 aromatic heterocycles. The molecule has 1 aliphatic heterocycles. The fourth-order valence-corrected chi connectivity index (χ4v) is 6.82. The summed E-state index contributed by atoms with van der Waals surface area (Å²) in [5.41, 5.74) is 5.83. The summed E-state index contributed by atoms with van der Waals surface area (Å²) < 4.78 is 2.04. The van der Waals surface area contributed by atoms with Crippen LogP contribution in [0.5, 0.6) is 0 Å². The molecule has 2 atom stereocenters. The van der Waals surface area contributed by atoms with Crippen LogP contribution in [-0.2, 0) is 0 Å². The molecule has 0 radical (unpaired) electrons. The number of likely N-dealkylation sites (tertiary alicyclic amines) is 1. The van der Waals surface area contributed by atoms with E-state index < -0.39 is 0 Å². The van der Waals surface area contributed by atoms with Crippen molar-refractivity contribution in [3.63, 3.8) is 0 Å². The molecule has 9 heteroatoms. The van der Waals surface area contributed by atoms with Gasteiger partial charge in [-0.25, -0.2) is 4.68 Å². The molecule has 1 saturated heterocycles. The third kappa shape index (κ3) is 7.12. The second-order valence-electron chi connectivity index (χ2n) is 13.8. The van der Waals surface area contributed by atoms with E-state index in [9.17, 15) is 5.26 Å². The Balaban J connectivity index is 1.37. The Kier molecular flexibility index (Phi) is 9.49. The first-order valence-corrected chi connectivity index (χ1v) is 16.8. The van der Waals surface area contributed by atoms with Gasteiger partial charge in [-0.15, -0.1) is 5.10 Å². The van der Waals surface area contributed by atoms with E-state index >= 15 is 0 Å². The van der Waals surface area contributed by atoms with Gasteiger partial charge in [0.05, 0.1) is 46.8 Å². The molecule has 0 unspecified atom stereocenters. The standard InChI is InChI=1S/C38H43ClN8/c1-25(2)34(26-12-8-6-9-13-26)43-35-28(22-40)23-41-37-31(35)20-29(39)21-32(37)42-36(27-14-10-7-11-15-27)33-24-47(45-44-33)30-16-18-46(19-17-30)38(3,4)5/h6-15,20-21,23-25,30,34,36,42H,16-19H2,1-5H3,(H,41,43)/t34-,36+/m1/s1. The quantitative estimate of drug-likeness (QED) is 0.165. The lowest BCUT2D eigenvalue weighted by molar-refractivity contribution is 0.0866. The highest BCUT2D eigenvalue weighted by molar-refractivity contribution is 6.32. The van der Waals surface area contributed by atoms with E-state index in [1.54, 1.807) is 6.20 Å². The fourth-order valence-electron chi connectivity index (χ4n) is 6.60. The second-order valence-corrected chi connectivity index (χ2v) is 14.2. The minimum atomic E-state index is -0.303. The van der Waals surface area contributed by atoms with E-state index in [2.05, 4.69) is 91.9 Å². The highest BCUT2D eigenvalue weighted by Gasteiger charge is 2.29. The third-order valence-corrected chi connectivity index (χ3v) is 9.44. The van der Waals surface area contributed by atoms with Crippen molar-refractivity contribution < 1.29 is 0 Å². The van der Waals surface area contributed by atoms with Crippen molar-refractivity contribution in [2.75, 3.05) is 23.7 Å². The predicted molar refractivity (Wildman–Crippen MR) is 191 cm³/mol. The number of aromatic nitrogens is 4. The van der Waals surface area contributed by atoms with Crippen LogP contribution in [0, 0.1) is 17.2 Å². The highest BCUT2D eigenvalue weighted by Crippen LogP contribution is 2.39. The van der Waals surface area contributed by atoms with Crippen LogP contribution < -0.4 is 10.6 Å². The zero-order valence-electron chi connectivity index (χ0n) is 27.8. The van der Waals surface area contributed by atoms with Gasteiger partial charge in [-0.1, -0.05) is 91.3 Å². The number of fused-ring (bicyclic) bond motifs is 1. The summed E-state index contributed by atoms with van der Waals surface area (Å²) in [6.07, 6.45) is 5.79. The molecule has 242 valence electrons. The maximum absolute atomic E-state index is 10.1. The van der Waals surface area contributed by atoms with E-state index in [0.717, 1.165) is 59.5 Å². The van der Waals surface area contributed by atoms with Gasteiger partial charge < -0.3 is 10.6 Å². The fraction of sp³-hybridized carbons (Fsp3) is 0.368. The van der Waals surface area contributed by atoms with Gasteiger partial charge in [0.2, 0.25) is 0 Å². The molecular formula is C38H43ClN8. The molecule has 1 fully saturated rings. The number of benzene rings is 3. The molecule has 3 heterocycles. The van der Waals surface area contributed by atoms with Gasteiger partial charge in [0.15, 0.2) is 0 Å². The minimum absolute atomic E-state index is 0.0216. The number of nitrogens with zero attached hydrogens (tertiary/aromatic N) is 6. The Morgan fingerprint density at radius 3 is 2.21 bits per heavy atom. The molecule has 8 nitrogen and oxygen atoms in total. The van der Waals surface area contributed by atoms with Crippen LogP contribution in [0.25, 0.3) is 10.9 Å². The second kappa shape index (κ2) is 13.7. The molecule has 0 amide bonds. The SMILES string of the molecule is CC(C)[C@@H](Nc1c(C#N)cnc2c(N[C@@H](c3ccccc3)c3cn(C4CCN(C(C)(C)C)CC4)nn3)cc(Cl)cc12)c1ccccc1. The first-order valence-electron chi connectivity index (χ1n) is 16.4. The summed E-state index contributed by atoms with van der Waals surface area (Å²) in [4.78, 5) is 7.33. The lowest BCUT2D eigenvalue weighted by Gasteiger charge is -2.40. The number of nitriles is 1. The zero-order chi connectivity index (χ0) is 33.1. The molecule has 2 N–H and O–H groups in total. The first kappa shape index (κ1) is 32.5. The summed E-state index contributed by atoms with van der Waals surface area (Å²) in [7, 11) is 0. The normalized spacial score (nSPS) is 15.8. The van der Waals surface area contributed by atoms with Gasteiger partial charge in [0, 0.05) is 35.2 Å². The Labute approximate surface area is 282 Å². The van der Waals surface area contributed by atoms with E-state index in [1.165, 1.54) is 0 Å². The molecule has 47 heavy (non-hydrogen) atoms. The lowest BCUT2D eigenvalue weighted by atomic mass is 9.95. The number of hydrogen-bond donors (Lipinski definition) is 2. The van der Waals surface area contributed by atoms with Crippen LogP contribution in [0.3, 0.4) is 0 Å². The van der Waals surface area contributed by atoms with Crippen LogP contribution in [0.4, 0.5) is 11.4 Å². The average Bonchev–Trinajstić information content (AvgIpc) is 3.56. The zero-order valence-corrected chi connectivity index (χ0v) is 28.5. The summed E-state index contributed by atoms with van der Waals surface area (Å²) in [6, 6.07) is 26.7. The van der Waals surface area contributed by atoms with Gasteiger partial charge in [-0.2, -0.15) is 5.26 Å². The largest absolute Gasteiger partial charge is 0.376 e. The van der Waals surface area contributed by atoms with Gasteiger partial charge >= 0.3 is 0 Å². The first-order chi connectivity index (χ1) is 22.6. The van der Waals surface area contributed by atoms with Crippen LogP contribution in [0.1, 0.15) is 88.0 Å². The summed E-state index contributed by atoms with van der Waals surface area (Å²) >= 11 is 6.82. The van der Waals surface area contributed by atoms with Crippen LogP contribution in [0.15, 0.2) is 85.2 Å².